The van der Waals surface area contributed by atoms with Crippen LogP contribution in [0.2, 0.25) is 0 Å². The van der Waals surface area contributed by atoms with Gasteiger partial charge in [-0.3, -0.25) is 4.79 Å². The van der Waals surface area contributed by atoms with E-state index in [4.69, 9.17) is 4.74 Å². The van der Waals surface area contributed by atoms with Crippen molar-refractivity contribution in [2.45, 2.75) is 19.9 Å². The minimum Gasteiger partial charge on any atom is -0.493 e. The molecule has 18 heavy (non-hydrogen) atoms. The SMILES string of the molecule is CCn1nncc1C(=O)c1ccc2c(c1)CCO2. The minimum absolute atomic E-state index is 0.0449. The fourth-order valence-electron chi connectivity index (χ4n) is 2.14. The summed E-state index contributed by atoms with van der Waals surface area (Å²) in [5.41, 5.74) is 2.28. The van der Waals surface area contributed by atoms with Gasteiger partial charge in [0.1, 0.15) is 11.4 Å². The van der Waals surface area contributed by atoms with Crippen LogP contribution in [0, 0.1) is 0 Å². The van der Waals surface area contributed by atoms with Gasteiger partial charge in [-0.15, -0.1) is 5.10 Å². The van der Waals surface area contributed by atoms with Crippen LogP contribution in [0.5, 0.6) is 5.75 Å². The summed E-state index contributed by atoms with van der Waals surface area (Å²) in [5, 5.41) is 7.65. The van der Waals surface area contributed by atoms with E-state index in [1.165, 1.54) is 6.20 Å². The Morgan fingerprint density at radius 3 is 3.22 bits per heavy atom. The van der Waals surface area contributed by atoms with E-state index in [2.05, 4.69) is 10.3 Å². The van der Waals surface area contributed by atoms with Gasteiger partial charge in [-0.1, -0.05) is 5.21 Å². The van der Waals surface area contributed by atoms with E-state index in [-0.39, 0.29) is 5.78 Å². The number of hydrogen-bond acceptors (Lipinski definition) is 4. The summed E-state index contributed by atoms with van der Waals surface area (Å²) in [5.74, 6) is 0.838. The molecule has 0 atom stereocenters. The van der Waals surface area contributed by atoms with Crippen LogP contribution in [0.1, 0.15) is 28.5 Å². The lowest BCUT2D eigenvalue weighted by Crippen LogP contribution is -2.10. The summed E-state index contributed by atoms with van der Waals surface area (Å²) < 4.78 is 7.03. The van der Waals surface area contributed by atoms with Crippen LogP contribution >= 0.6 is 0 Å². The molecule has 0 radical (unpaired) electrons. The molecule has 2 aromatic rings. The third kappa shape index (κ3) is 1.68. The average molecular weight is 243 g/mol. The van der Waals surface area contributed by atoms with E-state index >= 15 is 0 Å². The van der Waals surface area contributed by atoms with E-state index in [1.54, 1.807) is 10.7 Å². The first-order valence-electron chi connectivity index (χ1n) is 5.98. The van der Waals surface area contributed by atoms with Crippen LogP contribution < -0.4 is 4.74 Å². The lowest BCUT2D eigenvalue weighted by Gasteiger charge is -2.04. The van der Waals surface area contributed by atoms with Crippen molar-refractivity contribution in [3.8, 4) is 5.75 Å². The summed E-state index contributed by atoms with van der Waals surface area (Å²) in [7, 11) is 0. The second kappa shape index (κ2) is 4.25. The molecule has 3 rings (SSSR count). The Morgan fingerprint density at radius 2 is 2.39 bits per heavy atom. The van der Waals surface area contributed by atoms with Crippen molar-refractivity contribution in [3.63, 3.8) is 0 Å². The number of hydrogen-bond donors (Lipinski definition) is 0. The van der Waals surface area contributed by atoms with Crippen molar-refractivity contribution in [3.05, 3.63) is 41.2 Å². The quantitative estimate of drug-likeness (QED) is 0.766. The Balaban J connectivity index is 1.98. The van der Waals surface area contributed by atoms with Gasteiger partial charge < -0.3 is 4.74 Å². The highest BCUT2D eigenvalue weighted by molar-refractivity contribution is 6.07. The van der Waals surface area contributed by atoms with Gasteiger partial charge in [-0.25, -0.2) is 4.68 Å². The Labute approximate surface area is 104 Å². The monoisotopic (exact) mass is 243 g/mol. The van der Waals surface area contributed by atoms with E-state index in [0.29, 0.717) is 24.4 Å². The van der Waals surface area contributed by atoms with Gasteiger partial charge in [0.2, 0.25) is 5.78 Å². The average Bonchev–Trinajstić information content (AvgIpc) is 3.05. The lowest BCUT2D eigenvalue weighted by atomic mass is 10.0. The van der Waals surface area contributed by atoms with E-state index in [9.17, 15) is 4.79 Å². The van der Waals surface area contributed by atoms with Gasteiger partial charge in [-0.05, 0) is 30.7 Å². The molecule has 0 aliphatic carbocycles. The molecule has 0 fully saturated rings. The highest BCUT2D eigenvalue weighted by Crippen LogP contribution is 2.26. The van der Waals surface area contributed by atoms with E-state index in [1.807, 2.05) is 19.1 Å². The van der Waals surface area contributed by atoms with Crippen molar-refractivity contribution < 1.29 is 9.53 Å². The van der Waals surface area contributed by atoms with Gasteiger partial charge >= 0.3 is 0 Å². The molecule has 2 heterocycles. The minimum atomic E-state index is -0.0449. The van der Waals surface area contributed by atoms with Gasteiger partial charge in [0.15, 0.2) is 0 Å². The van der Waals surface area contributed by atoms with Gasteiger partial charge in [0, 0.05) is 18.5 Å². The molecular formula is C13H13N3O2. The second-order valence-electron chi connectivity index (χ2n) is 4.19. The first kappa shape index (κ1) is 11.0. The molecule has 0 amide bonds. The van der Waals surface area contributed by atoms with Gasteiger partial charge in [0.05, 0.1) is 12.8 Å². The smallest absolute Gasteiger partial charge is 0.212 e. The van der Waals surface area contributed by atoms with Crippen LogP contribution in [0.4, 0.5) is 0 Å². The fourth-order valence-corrected chi connectivity index (χ4v) is 2.14. The van der Waals surface area contributed by atoms with Crippen LogP contribution in [0.15, 0.2) is 24.4 Å². The van der Waals surface area contributed by atoms with Gasteiger partial charge in [-0.2, -0.15) is 0 Å². The number of carbonyl (C=O) groups is 1. The summed E-state index contributed by atoms with van der Waals surface area (Å²) >= 11 is 0. The molecule has 1 aliphatic heterocycles. The van der Waals surface area contributed by atoms with E-state index in [0.717, 1.165) is 17.7 Å². The molecule has 1 aliphatic rings. The highest BCUT2D eigenvalue weighted by Gasteiger charge is 2.18. The fraction of sp³-hybridized carbons (Fsp3) is 0.308. The third-order valence-electron chi connectivity index (χ3n) is 3.10. The normalized spacial score (nSPS) is 13.2. The molecule has 0 N–H and O–H groups in total. The van der Waals surface area contributed by atoms with Crippen LogP contribution in [0.25, 0.3) is 0 Å². The van der Waals surface area contributed by atoms with Crippen molar-refractivity contribution >= 4 is 5.78 Å². The first-order valence-corrected chi connectivity index (χ1v) is 5.98. The molecule has 5 nitrogen and oxygen atoms in total. The molecule has 0 bridgehead atoms. The second-order valence-corrected chi connectivity index (χ2v) is 4.19. The predicted molar refractivity (Wildman–Crippen MR) is 64.8 cm³/mol. The van der Waals surface area contributed by atoms with Crippen molar-refractivity contribution in [1.82, 2.24) is 15.0 Å². The number of ketones is 1. The summed E-state index contributed by atoms with van der Waals surface area (Å²) in [6, 6.07) is 5.55. The Bertz CT molecular complexity index is 604. The van der Waals surface area contributed by atoms with E-state index < -0.39 is 0 Å². The topological polar surface area (TPSA) is 57.0 Å². The molecule has 92 valence electrons. The number of rotatable bonds is 3. The number of fused-ring (bicyclic) bond motifs is 1. The maximum absolute atomic E-state index is 12.3. The molecule has 0 saturated carbocycles. The number of nitrogens with zero attached hydrogens (tertiary/aromatic N) is 3. The molecule has 0 unspecified atom stereocenters. The van der Waals surface area contributed by atoms with Crippen LogP contribution in [-0.4, -0.2) is 27.4 Å². The Hall–Kier alpha value is -2.17. The molecule has 1 aromatic heterocycles. The largest absolute Gasteiger partial charge is 0.493 e. The highest BCUT2D eigenvalue weighted by atomic mass is 16.5. The summed E-state index contributed by atoms with van der Waals surface area (Å²) in [4.78, 5) is 12.3. The maximum Gasteiger partial charge on any atom is 0.212 e. The van der Waals surface area contributed by atoms with Crippen molar-refractivity contribution in [2.75, 3.05) is 6.61 Å². The number of aromatic nitrogens is 3. The Morgan fingerprint density at radius 1 is 1.50 bits per heavy atom. The standard InChI is InChI=1S/C13H13N3O2/c1-2-16-11(8-14-15-16)13(17)10-3-4-12-9(7-10)5-6-18-12/h3-4,7-8H,2,5-6H2,1H3. The van der Waals surface area contributed by atoms with Crippen LogP contribution in [-0.2, 0) is 13.0 Å². The zero-order chi connectivity index (χ0) is 12.5. The maximum atomic E-state index is 12.3. The third-order valence-corrected chi connectivity index (χ3v) is 3.10. The van der Waals surface area contributed by atoms with Crippen molar-refractivity contribution in [2.24, 2.45) is 0 Å². The molecule has 0 saturated heterocycles. The van der Waals surface area contributed by atoms with Crippen LogP contribution in [0.3, 0.4) is 0 Å². The Kier molecular flexibility index (Phi) is 2.59. The lowest BCUT2D eigenvalue weighted by molar-refractivity contribution is 0.102. The molecule has 0 spiro atoms. The molecule has 1 aromatic carbocycles. The number of aryl methyl sites for hydroxylation is 1. The number of carbonyl (C=O) groups excluding carboxylic acids is 1. The number of ether oxygens (including phenoxy) is 1. The zero-order valence-electron chi connectivity index (χ0n) is 10.1. The number of benzene rings is 1. The zero-order valence-corrected chi connectivity index (χ0v) is 10.1. The first-order chi connectivity index (χ1) is 8.79. The molecular weight excluding hydrogens is 230 g/mol. The predicted octanol–water partition coefficient (Wildman–Crippen LogP) is 1.46. The summed E-state index contributed by atoms with van der Waals surface area (Å²) in [6.45, 7) is 3.26. The molecule has 5 heteroatoms. The van der Waals surface area contributed by atoms with Crippen molar-refractivity contribution in [1.29, 1.82) is 0 Å². The van der Waals surface area contributed by atoms with Gasteiger partial charge in [0.25, 0.3) is 0 Å². The summed E-state index contributed by atoms with van der Waals surface area (Å²) in [6.07, 6.45) is 2.37.